The van der Waals surface area contributed by atoms with Gasteiger partial charge in [-0.15, -0.1) is 0 Å². The van der Waals surface area contributed by atoms with Crippen LogP contribution in [0, 0.1) is 11.8 Å². The summed E-state index contributed by atoms with van der Waals surface area (Å²) in [5.41, 5.74) is 5.27. The molecule has 0 aliphatic heterocycles. The lowest BCUT2D eigenvalue weighted by atomic mass is 10.1. The molecule has 0 saturated heterocycles. The van der Waals surface area contributed by atoms with Crippen molar-refractivity contribution in [3.8, 4) is 23.1 Å². The molecule has 2 heterocycles. The minimum Gasteiger partial charge on any atom is -0.309 e. The minimum atomic E-state index is 0.414. The van der Waals surface area contributed by atoms with Crippen molar-refractivity contribution < 1.29 is 4.79 Å². The van der Waals surface area contributed by atoms with Gasteiger partial charge in [-0.1, -0.05) is 60.4 Å². The van der Waals surface area contributed by atoms with Gasteiger partial charge in [0.2, 0.25) is 6.41 Å². The van der Waals surface area contributed by atoms with Crippen LogP contribution in [0.5, 0.6) is 0 Å². The molecule has 0 spiro atoms. The third-order valence-corrected chi connectivity index (χ3v) is 4.59. The van der Waals surface area contributed by atoms with Gasteiger partial charge < -0.3 is 4.90 Å². The van der Waals surface area contributed by atoms with Gasteiger partial charge in [-0.05, 0) is 35.9 Å². The van der Waals surface area contributed by atoms with Crippen LogP contribution < -0.4 is 4.90 Å². The van der Waals surface area contributed by atoms with Crippen molar-refractivity contribution in [3.63, 3.8) is 0 Å². The predicted molar refractivity (Wildman–Crippen MR) is 119 cm³/mol. The summed E-state index contributed by atoms with van der Waals surface area (Å²) in [4.78, 5) is 22.1. The highest BCUT2D eigenvalue weighted by molar-refractivity contribution is 5.79. The van der Waals surface area contributed by atoms with E-state index >= 15 is 0 Å². The maximum Gasteiger partial charge on any atom is 0.214 e. The van der Waals surface area contributed by atoms with Crippen LogP contribution in [0.3, 0.4) is 0 Å². The van der Waals surface area contributed by atoms with Crippen molar-refractivity contribution in [2.45, 2.75) is 6.54 Å². The van der Waals surface area contributed by atoms with Crippen molar-refractivity contribution in [2.24, 2.45) is 0 Å². The Morgan fingerprint density at radius 3 is 2.40 bits per heavy atom. The van der Waals surface area contributed by atoms with Crippen LogP contribution in [0.15, 0.2) is 97.5 Å². The van der Waals surface area contributed by atoms with E-state index in [0.717, 1.165) is 40.0 Å². The summed E-state index contributed by atoms with van der Waals surface area (Å²) in [6, 6.07) is 25.3. The lowest BCUT2D eigenvalue weighted by Gasteiger charge is -2.19. The fraction of sp³-hybridized carbons (Fsp3) is 0.0385. The molecule has 144 valence electrons. The molecular weight excluding hydrogens is 370 g/mol. The van der Waals surface area contributed by atoms with Gasteiger partial charge in [0.05, 0.1) is 17.9 Å². The van der Waals surface area contributed by atoms with Crippen molar-refractivity contribution in [2.75, 3.05) is 4.90 Å². The van der Waals surface area contributed by atoms with Gasteiger partial charge in [0.1, 0.15) is 0 Å². The molecule has 0 unspecified atom stereocenters. The largest absolute Gasteiger partial charge is 0.309 e. The molecule has 4 nitrogen and oxygen atoms in total. The first kappa shape index (κ1) is 19.1. The number of benzene rings is 2. The van der Waals surface area contributed by atoms with E-state index in [1.807, 2.05) is 85.1 Å². The number of rotatable bonds is 5. The summed E-state index contributed by atoms with van der Waals surface area (Å²) in [5, 5.41) is 0. The molecule has 4 aromatic rings. The van der Waals surface area contributed by atoms with E-state index in [-0.39, 0.29) is 0 Å². The number of carbonyl (C=O) groups excluding carboxylic acids is 1. The lowest BCUT2D eigenvalue weighted by molar-refractivity contribution is -0.107. The average molecular weight is 389 g/mol. The second-order valence-electron chi connectivity index (χ2n) is 6.66. The summed E-state index contributed by atoms with van der Waals surface area (Å²) < 4.78 is 0. The van der Waals surface area contributed by atoms with Crippen LogP contribution in [0.4, 0.5) is 5.69 Å². The van der Waals surface area contributed by atoms with Gasteiger partial charge in [-0.3, -0.25) is 14.8 Å². The molecule has 0 aliphatic carbocycles. The molecule has 0 N–H and O–H groups in total. The first-order valence-electron chi connectivity index (χ1n) is 9.57. The predicted octanol–water partition coefficient (Wildman–Crippen LogP) is 4.71. The van der Waals surface area contributed by atoms with Crippen molar-refractivity contribution >= 4 is 12.1 Å². The molecule has 0 saturated carbocycles. The fourth-order valence-corrected chi connectivity index (χ4v) is 3.08. The smallest absolute Gasteiger partial charge is 0.214 e. The van der Waals surface area contributed by atoms with E-state index in [1.165, 1.54) is 0 Å². The van der Waals surface area contributed by atoms with E-state index in [2.05, 4.69) is 21.8 Å². The van der Waals surface area contributed by atoms with Gasteiger partial charge in [0.25, 0.3) is 0 Å². The highest BCUT2D eigenvalue weighted by Gasteiger charge is 2.10. The van der Waals surface area contributed by atoms with E-state index < -0.39 is 0 Å². The Bertz CT molecular complexity index is 1180. The molecular formula is C26H19N3O. The summed E-state index contributed by atoms with van der Waals surface area (Å²) in [5.74, 6) is 6.26. The van der Waals surface area contributed by atoms with Gasteiger partial charge >= 0.3 is 0 Å². The molecule has 0 fully saturated rings. The molecule has 2 aromatic heterocycles. The first-order chi connectivity index (χ1) is 14.8. The van der Waals surface area contributed by atoms with E-state index in [0.29, 0.717) is 6.54 Å². The molecule has 4 heteroatoms. The van der Waals surface area contributed by atoms with Crippen LogP contribution in [0.1, 0.15) is 16.7 Å². The Balaban J connectivity index is 1.56. The highest BCUT2D eigenvalue weighted by Crippen LogP contribution is 2.22. The number of amides is 1. The molecule has 4 rings (SSSR count). The summed E-state index contributed by atoms with van der Waals surface area (Å²) in [7, 11) is 0. The number of anilines is 1. The molecule has 30 heavy (non-hydrogen) atoms. The zero-order chi connectivity index (χ0) is 20.6. The van der Waals surface area contributed by atoms with Crippen LogP contribution in [-0.2, 0) is 11.3 Å². The van der Waals surface area contributed by atoms with Crippen molar-refractivity contribution in [1.29, 1.82) is 0 Å². The van der Waals surface area contributed by atoms with Gasteiger partial charge in [0.15, 0.2) is 0 Å². The second-order valence-corrected chi connectivity index (χ2v) is 6.66. The van der Waals surface area contributed by atoms with E-state index in [4.69, 9.17) is 0 Å². The van der Waals surface area contributed by atoms with Gasteiger partial charge in [0, 0.05) is 35.3 Å². The first-order valence-corrected chi connectivity index (χ1v) is 9.57. The van der Waals surface area contributed by atoms with Crippen LogP contribution in [0.25, 0.3) is 11.3 Å². The number of nitrogens with zero attached hydrogens (tertiary/aromatic N) is 3. The number of para-hydroxylation sites is 1. The highest BCUT2D eigenvalue weighted by atomic mass is 16.1. The Kier molecular flexibility index (Phi) is 5.93. The Labute approximate surface area is 175 Å². The third kappa shape index (κ3) is 4.60. The van der Waals surface area contributed by atoms with Crippen LogP contribution >= 0.6 is 0 Å². The average Bonchev–Trinajstić information content (AvgIpc) is 2.83. The quantitative estimate of drug-likeness (QED) is 0.367. The molecule has 0 radical (unpaired) electrons. The maximum absolute atomic E-state index is 11.9. The normalized spacial score (nSPS) is 10.0. The third-order valence-electron chi connectivity index (χ3n) is 4.59. The molecule has 1 amide bonds. The zero-order valence-electron chi connectivity index (χ0n) is 16.3. The topological polar surface area (TPSA) is 46.1 Å². The SMILES string of the molecule is O=CN(Cc1ccc(-c2ccccc2)nc1)c1ccccc1C#Cc1cccnc1. The number of hydrogen-bond acceptors (Lipinski definition) is 3. The monoisotopic (exact) mass is 389 g/mol. The number of carbonyl (C=O) groups is 1. The van der Waals surface area contributed by atoms with Gasteiger partial charge in [-0.25, -0.2) is 0 Å². The van der Waals surface area contributed by atoms with E-state index in [9.17, 15) is 4.79 Å². The maximum atomic E-state index is 11.9. The van der Waals surface area contributed by atoms with Crippen molar-refractivity contribution in [3.05, 3.63) is 114 Å². The molecule has 2 aromatic carbocycles. The van der Waals surface area contributed by atoms with E-state index in [1.54, 1.807) is 17.3 Å². The molecule has 0 bridgehead atoms. The summed E-state index contributed by atoms with van der Waals surface area (Å²) in [6.07, 6.45) is 6.07. The fourth-order valence-electron chi connectivity index (χ4n) is 3.08. The number of aromatic nitrogens is 2. The molecule has 0 atom stereocenters. The van der Waals surface area contributed by atoms with Crippen molar-refractivity contribution in [1.82, 2.24) is 9.97 Å². The van der Waals surface area contributed by atoms with Crippen LogP contribution in [-0.4, -0.2) is 16.4 Å². The Hall–Kier alpha value is -4.23. The summed E-state index contributed by atoms with van der Waals surface area (Å²) in [6.45, 7) is 0.414. The van der Waals surface area contributed by atoms with Crippen LogP contribution in [0.2, 0.25) is 0 Å². The lowest BCUT2D eigenvalue weighted by Crippen LogP contribution is -2.21. The second kappa shape index (κ2) is 9.31. The Morgan fingerprint density at radius 1 is 0.833 bits per heavy atom. The van der Waals surface area contributed by atoms with Gasteiger partial charge in [-0.2, -0.15) is 0 Å². The summed E-state index contributed by atoms with van der Waals surface area (Å²) >= 11 is 0. The molecule has 0 aliphatic rings. The Morgan fingerprint density at radius 2 is 1.67 bits per heavy atom. The minimum absolute atomic E-state index is 0.414. The number of hydrogen-bond donors (Lipinski definition) is 0. The standard InChI is InChI=1S/C26H19N3O/c30-20-29(19-22-13-15-25(28-18-22)23-8-2-1-3-9-23)26-11-5-4-10-24(26)14-12-21-7-6-16-27-17-21/h1-11,13,15-18,20H,19H2. The number of pyridine rings is 2. The zero-order valence-corrected chi connectivity index (χ0v) is 16.3.